The largest absolute Gasteiger partial charge is 0.491 e. The standard InChI is InChI=1S/C21H27N5O2.ClH/c1-15(2)20-6-4-5-7-21(20)28-13-19(27)12-22-16(3)17-8-10-18(11-9-17)26-14-23-24-25-26;/h4-11,14-16,19,22,27H,12-13H2,1-3H3;1H. The van der Waals surface area contributed by atoms with E-state index < -0.39 is 6.10 Å². The number of aromatic nitrogens is 4. The van der Waals surface area contributed by atoms with Gasteiger partial charge in [0.05, 0.1) is 5.69 Å². The fraction of sp³-hybridized carbons (Fsp3) is 0.381. The van der Waals surface area contributed by atoms with Gasteiger partial charge < -0.3 is 15.2 Å². The van der Waals surface area contributed by atoms with Crippen molar-refractivity contribution in [3.05, 3.63) is 66.0 Å². The molecule has 2 aromatic carbocycles. The predicted octanol–water partition coefficient (Wildman–Crippen LogP) is 3.30. The van der Waals surface area contributed by atoms with Gasteiger partial charge in [-0.15, -0.1) is 17.5 Å². The van der Waals surface area contributed by atoms with Gasteiger partial charge in [-0.25, -0.2) is 4.68 Å². The molecule has 2 unspecified atom stereocenters. The number of hydrogen-bond donors (Lipinski definition) is 2. The van der Waals surface area contributed by atoms with Gasteiger partial charge in [0.2, 0.25) is 0 Å². The van der Waals surface area contributed by atoms with Gasteiger partial charge in [-0.3, -0.25) is 0 Å². The highest BCUT2D eigenvalue weighted by atomic mass is 35.5. The van der Waals surface area contributed by atoms with Gasteiger partial charge >= 0.3 is 0 Å². The van der Waals surface area contributed by atoms with Gasteiger partial charge in [0.25, 0.3) is 0 Å². The summed E-state index contributed by atoms with van der Waals surface area (Å²) < 4.78 is 7.45. The normalized spacial score (nSPS) is 13.0. The zero-order chi connectivity index (χ0) is 19.9. The Hall–Kier alpha value is -2.48. The molecule has 0 aliphatic rings. The maximum Gasteiger partial charge on any atom is 0.143 e. The first-order valence-electron chi connectivity index (χ1n) is 9.51. The van der Waals surface area contributed by atoms with E-state index in [0.29, 0.717) is 12.5 Å². The number of nitrogens with one attached hydrogen (secondary N) is 1. The van der Waals surface area contributed by atoms with Crippen LogP contribution in [0.3, 0.4) is 0 Å². The van der Waals surface area contributed by atoms with Crippen LogP contribution in [0.25, 0.3) is 5.69 Å². The van der Waals surface area contributed by atoms with Gasteiger partial charge in [-0.05, 0) is 52.6 Å². The van der Waals surface area contributed by atoms with E-state index in [9.17, 15) is 5.11 Å². The third kappa shape index (κ3) is 6.25. The van der Waals surface area contributed by atoms with Gasteiger partial charge in [0, 0.05) is 12.6 Å². The molecule has 3 aromatic rings. The van der Waals surface area contributed by atoms with Gasteiger partial charge in [0.1, 0.15) is 24.8 Å². The van der Waals surface area contributed by atoms with E-state index in [2.05, 4.69) is 47.7 Å². The molecule has 0 amide bonds. The molecule has 0 fully saturated rings. The Labute approximate surface area is 177 Å². The van der Waals surface area contributed by atoms with Gasteiger partial charge in [0.15, 0.2) is 0 Å². The minimum Gasteiger partial charge on any atom is -0.491 e. The van der Waals surface area contributed by atoms with E-state index in [-0.39, 0.29) is 25.1 Å². The van der Waals surface area contributed by atoms with E-state index in [0.717, 1.165) is 22.6 Å². The number of aliphatic hydroxyl groups is 1. The van der Waals surface area contributed by atoms with Crippen LogP contribution in [0.1, 0.15) is 43.9 Å². The summed E-state index contributed by atoms with van der Waals surface area (Å²) in [5.41, 5.74) is 3.17. The second-order valence-electron chi connectivity index (χ2n) is 7.13. The quantitative estimate of drug-likeness (QED) is 0.555. The summed E-state index contributed by atoms with van der Waals surface area (Å²) in [6.07, 6.45) is 0.966. The molecular formula is C21H28ClN5O2. The number of rotatable bonds is 9. The van der Waals surface area contributed by atoms with Crippen LogP contribution >= 0.6 is 12.4 Å². The summed E-state index contributed by atoms with van der Waals surface area (Å²) in [7, 11) is 0. The SMILES string of the molecule is CC(C)c1ccccc1OCC(O)CNC(C)c1ccc(-n2cnnn2)cc1.Cl. The lowest BCUT2D eigenvalue weighted by atomic mass is 10.0. The van der Waals surface area contributed by atoms with Crippen molar-refractivity contribution in [3.8, 4) is 11.4 Å². The maximum atomic E-state index is 10.3. The smallest absolute Gasteiger partial charge is 0.143 e. The molecule has 8 heteroatoms. The first-order chi connectivity index (χ1) is 13.5. The van der Waals surface area contributed by atoms with Crippen molar-refractivity contribution in [1.82, 2.24) is 25.5 Å². The van der Waals surface area contributed by atoms with Crippen molar-refractivity contribution in [2.75, 3.05) is 13.2 Å². The lowest BCUT2D eigenvalue weighted by molar-refractivity contribution is 0.103. The molecule has 2 N–H and O–H groups in total. The zero-order valence-corrected chi connectivity index (χ0v) is 17.7. The van der Waals surface area contributed by atoms with Gasteiger partial charge in [-0.2, -0.15) is 0 Å². The Morgan fingerprint density at radius 3 is 2.45 bits per heavy atom. The maximum absolute atomic E-state index is 10.3. The summed E-state index contributed by atoms with van der Waals surface area (Å²) in [6, 6.07) is 16.0. The zero-order valence-electron chi connectivity index (χ0n) is 16.9. The van der Waals surface area contributed by atoms with Gasteiger partial charge in [-0.1, -0.05) is 44.2 Å². The molecule has 29 heavy (non-hydrogen) atoms. The van der Waals surface area contributed by atoms with E-state index in [1.807, 2.05) is 42.5 Å². The van der Waals surface area contributed by atoms with Crippen molar-refractivity contribution in [1.29, 1.82) is 0 Å². The molecule has 0 spiro atoms. The van der Waals surface area contributed by atoms with E-state index >= 15 is 0 Å². The Morgan fingerprint density at radius 2 is 1.79 bits per heavy atom. The monoisotopic (exact) mass is 417 g/mol. The number of tetrazole rings is 1. The van der Waals surface area contributed by atoms with Crippen LogP contribution in [0.15, 0.2) is 54.9 Å². The third-order valence-electron chi connectivity index (χ3n) is 4.64. The molecule has 0 aliphatic heterocycles. The second-order valence-corrected chi connectivity index (χ2v) is 7.13. The molecule has 7 nitrogen and oxygen atoms in total. The average Bonchev–Trinajstić information content (AvgIpc) is 3.25. The minimum absolute atomic E-state index is 0. The van der Waals surface area contributed by atoms with Crippen LogP contribution in [0, 0.1) is 0 Å². The van der Waals surface area contributed by atoms with Crippen molar-refractivity contribution >= 4 is 12.4 Å². The average molecular weight is 418 g/mol. The first kappa shape index (κ1) is 22.8. The molecule has 0 aliphatic carbocycles. The summed E-state index contributed by atoms with van der Waals surface area (Å²) in [5.74, 6) is 1.21. The van der Waals surface area contributed by atoms with Crippen molar-refractivity contribution in [3.63, 3.8) is 0 Å². The van der Waals surface area contributed by atoms with E-state index in [1.54, 1.807) is 11.0 Å². The molecule has 0 saturated carbocycles. The topological polar surface area (TPSA) is 85.1 Å². The highest BCUT2D eigenvalue weighted by molar-refractivity contribution is 5.85. The summed E-state index contributed by atoms with van der Waals surface area (Å²) >= 11 is 0. The molecule has 1 heterocycles. The number of benzene rings is 2. The van der Waals surface area contributed by atoms with Crippen molar-refractivity contribution in [2.24, 2.45) is 0 Å². The van der Waals surface area contributed by atoms with Crippen LogP contribution in [-0.4, -0.2) is 44.6 Å². The highest BCUT2D eigenvalue weighted by Gasteiger charge is 2.12. The lowest BCUT2D eigenvalue weighted by Gasteiger charge is -2.19. The fourth-order valence-corrected chi connectivity index (χ4v) is 2.96. The number of nitrogens with zero attached hydrogens (tertiary/aromatic N) is 4. The Kier molecular flexibility index (Phi) is 8.57. The number of halogens is 1. The Bertz CT molecular complexity index is 856. The van der Waals surface area contributed by atoms with Crippen LogP contribution in [0.4, 0.5) is 0 Å². The third-order valence-corrected chi connectivity index (χ3v) is 4.64. The van der Waals surface area contributed by atoms with Crippen LogP contribution in [-0.2, 0) is 0 Å². The summed E-state index contributed by atoms with van der Waals surface area (Å²) in [5, 5.41) is 24.8. The molecule has 0 saturated heterocycles. The number of ether oxygens (including phenoxy) is 1. The van der Waals surface area contributed by atoms with Crippen LogP contribution in [0.5, 0.6) is 5.75 Å². The molecular weight excluding hydrogens is 390 g/mol. The molecule has 2 atom stereocenters. The Morgan fingerprint density at radius 1 is 1.07 bits per heavy atom. The fourth-order valence-electron chi connectivity index (χ4n) is 2.96. The molecule has 0 bridgehead atoms. The number of para-hydroxylation sites is 1. The van der Waals surface area contributed by atoms with Crippen molar-refractivity contribution < 1.29 is 9.84 Å². The van der Waals surface area contributed by atoms with E-state index in [4.69, 9.17) is 4.74 Å². The summed E-state index contributed by atoms with van der Waals surface area (Å²) in [4.78, 5) is 0. The summed E-state index contributed by atoms with van der Waals surface area (Å²) in [6.45, 7) is 7.02. The molecule has 156 valence electrons. The minimum atomic E-state index is -0.594. The second kappa shape index (κ2) is 10.9. The van der Waals surface area contributed by atoms with E-state index in [1.165, 1.54) is 0 Å². The highest BCUT2D eigenvalue weighted by Crippen LogP contribution is 2.25. The molecule has 3 rings (SSSR count). The molecule has 1 aromatic heterocycles. The lowest BCUT2D eigenvalue weighted by Crippen LogP contribution is -2.33. The number of hydrogen-bond acceptors (Lipinski definition) is 6. The Balaban J connectivity index is 0.00000300. The first-order valence-corrected chi connectivity index (χ1v) is 9.51. The predicted molar refractivity (Wildman–Crippen MR) is 115 cm³/mol. The molecule has 0 radical (unpaired) electrons. The van der Waals surface area contributed by atoms with Crippen LogP contribution in [0.2, 0.25) is 0 Å². The van der Waals surface area contributed by atoms with Crippen LogP contribution < -0.4 is 10.1 Å². The van der Waals surface area contributed by atoms with Crippen molar-refractivity contribution in [2.45, 2.75) is 38.8 Å². The number of aliphatic hydroxyl groups excluding tert-OH is 1.